The van der Waals surface area contributed by atoms with Gasteiger partial charge in [-0.1, -0.05) is 18.2 Å². The molecule has 2 heterocycles. The van der Waals surface area contributed by atoms with Crippen LogP contribution in [-0.2, 0) is 11.3 Å². The highest BCUT2D eigenvalue weighted by molar-refractivity contribution is 7.13. The maximum Gasteiger partial charge on any atom is 0.271 e. The minimum absolute atomic E-state index is 0.0391. The van der Waals surface area contributed by atoms with Gasteiger partial charge in [0, 0.05) is 28.3 Å². The van der Waals surface area contributed by atoms with Gasteiger partial charge in [0.1, 0.15) is 17.0 Å². The van der Waals surface area contributed by atoms with Crippen LogP contribution >= 0.6 is 11.3 Å². The smallest absolute Gasteiger partial charge is 0.271 e. The van der Waals surface area contributed by atoms with Crippen molar-refractivity contribution in [3.8, 4) is 0 Å². The van der Waals surface area contributed by atoms with E-state index in [9.17, 15) is 9.59 Å². The van der Waals surface area contributed by atoms with Gasteiger partial charge in [0.05, 0.1) is 6.54 Å². The highest BCUT2D eigenvalue weighted by Crippen LogP contribution is 2.27. The molecule has 0 saturated heterocycles. The monoisotopic (exact) mass is 412 g/mol. The first-order chi connectivity index (χ1) is 14.0. The summed E-state index contributed by atoms with van der Waals surface area (Å²) in [6.45, 7) is 2.40. The SMILES string of the molecule is Cc1c(CNC(=O)C2CCC(NC(=O)c3csc(N)n3)CC2)oc2ccccc12. The van der Waals surface area contributed by atoms with Gasteiger partial charge in [0.15, 0.2) is 5.13 Å². The lowest BCUT2D eigenvalue weighted by Gasteiger charge is -2.28. The van der Waals surface area contributed by atoms with E-state index in [4.69, 9.17) is 10.2 Å². The molecule has 0 bridgehead atoms. The Kier molecular flexibility index (Phi) is 5.53. The summed E-state index contributed by atoms with van der Waals surface area (Å²) in [5.41, 5.74) is 7.84. The molecule has 1 aromatic carbocycles. The highest BCUT2D eigenvalue weighted by atomic mass is 32.1. The lowest BCUT2D eigenvalue weighted by molar-refractivity contribution is -0.126. The number of hydrogen-bond donors (Lipinski definition) is 3. The number of anilines is 1. The Balaban J connectivity index is 1.26. The summed E-state index contributed by atoms with van der Waals surface area (Å²) in [6.07, 6.45) is 3.03. The van der Waals surface area contributed by atoms with E-state index in [-0.39, 0.29) is 23.8 Å². The average molecular weight is 413 g/mol. The molecule has 2 amide bonds. The number of aromatic nitrogens is 1. The lowest BCUT2D eigenvalue weighted by atomic mass is 9.85. The van der Waals surface area contributed by atoms with Crippen LogP contribution in [0, 0.1) is 12.8 Å². The topological polar surface area (TPSA) is 110 Å². The number of nitrogens with two attached hydrogens (primary N) is 1. The van der Waals surface area contributed by atoms with E-state index < -0.39 is 0 Å². The summed E-state index contributed by atoms with van der Waals surface area (Å²) in [7, 11) is 0. The molecule has 7 nitrogen and oxygen atoms in total. The highest BCUT2D eigenvalue weighted by Gasteiger charge is 2.28. The van der Waals surface area contributed by atoms with Gasteiger partial charge < -0.3 is 20.8 Å². The Labute approximate surface area is 172 Å². The van der Waals surface area contributed by atoms with Gasteiger partial charge in [-0.05, 0) is 38.7 Å². The number of benzene rings is 1. The van der Waals surface area contributed by atoms with E-state index in [1.807, 2.05) is 31.2 Å². The van der Waals surface area contributed by atoms with Crippen LogP contribution in [0.1, 0.15) is 47.5 Å². The molecule has 2 aromatic heterocycles. The molecular weight excluding hydrogens is 388 g/mol. The number of amides is 2. The zero-order valence-electron chi connectivity index (χ0n) is 16.2. The van der Waals surface area contributed by atoms with Crippen LogP contribution in [0.5, 0.6) is 0 Å². The molecule has 152 valence electrons. The van der Waals surface area contributed by atoms with Crippen LogP contribution in [0.3, 0.4) is 0 Å². The van der Waals surface area contributed by atoms with Crippen molar-refractivity contribution in [2.75, 3.05) is 5.73 Å². The summed E-state index contributed by atoms with van der Waals surface area (Å²) in [6, 6.07) is 7.94. The quantitative estimate of drug-likeness (QED) is 0.595. The number of nitrogen functional groups attached to an aromatic ring is 1. The number of aryl methyl sites for hydroxylation is 1. The first kappa shape index (κ1) is 19.4. The zero-order valence-corrected chi connectivity index (χ0v) is 17.1. The lowest BCUT2D eigenvalue weighted by Crippen LogP contribution is -2.40. The van der Waals surface area contributed by atoms with E-state index in [0.717, 1.165) is 48.0 Å². The predicted octanol–water partition coefficient (Wildman–Crippen LogP) is 3.38. The minimum atomic E-state index is -0.203. The minimum Gasteiger partial charge on any atom is -0.459 e. The molecule has 0 spiro atoms. The van der Waals surface area contributed by atoms with Crippen molar-refractivity contribution in [3.63, 3.8) is 0 Å². The summed E-state index contributed by atoms with van der Waals surface area (Å²) in [5.74, 6) is 0.596. The Bertz CT molecular complexity index is 1030. The molecule has 1 aliphatic rings. The normalized spacial score (nSPS) is 19.2. The van der Waals surface area contributed by atoms with Crippen molar-refractivity contribution in [2.45, 2.75) is 45.2 Å². The van der Waals surface area contributed by atoms with Gasteiger partial charge in [0.25, 0.3) is 5.91 Å². The van der Waals surface area contributed by atoms with Crippen molar-refractivity contribution in [1.82, 2.24) is 15.6 Å². The summed E-state index contributed by atoms with van der Waals surface area (Å²) >= 11 is 1.25. The molecule has 0 aliphatic heterocycles. The molecule has 4 N–H and O–H groups in total. The second-order valence-corrected chi connectivity index (χ2v) is 8.35. The predicted molar refractivity (Wildman–Crippen MR) is 113 cm³/mol. The average Bonchev–Trinajstić information content (AvgIpc) is 3.30. The van der Waals surface area contributed by atoms with Crippen molar-refractivity contribution in [1.29, 1.82) is 0 Å². The third-order valence-corrected chi connectivity index (χ3v) is 6.23. The first-order valence-electron chi connectivity index (χ1n) is 9.78. The number of nitrogens with one attached hydrogen (secondary N) is 2. The summed E-state index contributed by atoms with van der Waals surface area (Å²) in [5, 5.41) is 9.12. The van der Waals surface area contributed by atoms with Crippen molar-refractivity contribution in [2.24, 2.45) is 5.92 Å². The van der Waals surface area contributed by atoms with Crippen LogP contribution in [0.25, 0.3) is 11.0 Å². The van der Waals surface area contributed by atoms with E-state index in [1.54, 1.807) is 5.38 Å². The fourth-order valence-corrected chi connectivity index (χ4v) is 4.40. The Morgan fingerprint density at radius 1 is 1.24 bits per heavy atom. The maximum absolute atomic E-state index is 12.6. The van der Waals surface area contributed by atoms with E-state index >= 15 is 0 Å². The standard InChI is InChI=1S/C21H24N4O3S/c1-12-15-4-2-3-5-17(15)28-18(12)10-23-19(26)13-6-8-14(9-7-13)24-20(27)16-11-29-21(22)25-16/h2-5,11,13-14H,6-10H2,1H3,(H2,22,25)(H,23,26)(H,24,27). The molecule has 4 rings (SSSR count). The third-order valence-electron chi connectivity index (χ3n) is 5.55. The molecule has 3 aromatic rings. The molecule has 0 atom stereocenters. The van der Waals surface area contributed by atoms with Crippen LogP contribution in [0.2, 0.25) is 0 Å². The number of thiazole rings is 1. The van der Waals surface area contributed by atoms with Crippen LogP contribution in [0.4, 0.5) is 5.13 Å². The fourth-order valence-electron chi connectivity index (χ4n) is 3.86. The number of fused-ring (bicyclic) bond motifs is 1. The third kappa shape index (κ3) is 4.27. The zero-order chi connectivity index (χ0) is 20.4. The molecule has 1 fully saturated rings. The number of rotatable bonds is 5. The van der Waals surface area contributed by atoms with Gasteiger partial charge in [-0.2, -0.15) is 0 Å². The van der Waals surface area contributed by atoms with Gasteiger partial charge in [-0.25, -0.2) is 4.98 Å². The molecule has 1 saturated carbocycles. The van der Waals surface area contributed by atoms with Crippen molar-refractivity contribution < 1.29 is 14.0 Å². The van der Waals surface area contributed by atoms with Gasteiger partial charge in [-0.3, -0.25) is 9.59 Å². The summed E-state index contributed by atoms with van der Waals surface area (Å²) < 4.78 is 5.86. The van der Waals surface area contributed by atoms with Crippen molar-refractivity contribution in [3.05, 3.63) is 46.7 Å². The number of carbonyl (C=O) groups excluding carboxylic acids is 2. The largest absolute Gasteiger partial charge is 0.459 e. The fraction of sp³-hybridized carbons (Fsp3) is 0.381. The molecule has 29 heavy (non-hydrogen) atoms. The second kappa shape index (κ2) is 8.24. The molecular formula is C21H24N4O3S. The number of nitrogens with zero attached hydrogens (tertiary/aromatic N) is 1. The molecule has 0 radical (unpaired) electrons. The number of hydrogen-bond acceptors (Lipinski definition) is 6. The van der Waals surface area contributed by atoms with Gasteiger partial charge in [0.2, 0.25) is 5.91 Å². The second-order valence-electron chi connectivity index (χ2n) is 7.46. The van der Waals surface area contributed by atoms with Gasteiger partial charge in [-0.15, -0.1) is 11.3 Å². The summed E-state index contributed by atoms with van der Waals surface area (Å²) in [4.78, 5) is 28.8. The van der Waals surface area contributed by atoms with E-state index in [1.165, 1.54) is 11.3 Å². The Hall–Kier alpha value is -2.87. The van der Waals surface area contributed by atoms with Crippen LogP contribution in [-0.4, -0.2) is 22.8 Å². The van der Waals surface area contributed by atoms with Crippen LogP contribution in [0.15, 0.2) is 34.1 Å². The number of carbonyl (C=O) groups is 2. The Morgan fingerprint density at radius 3 is 2.69 bits per heavy atom. The Morgan fingerprint density at radius 2 is 2.00 bits per heavy atom. The first-order valence-corrected chi connectivity index (χ1v) is 10.7. The molecule has 8 heteroatoms. The molecule has 1 aliphatic carbocycles. The number of para-hydroxylation sites is 1. The van der Waals surface area contributed by atoms with Crippen molar-refractivity contribution >= 4 is 39.3 Å². The number of furan rings is 1. The maximum atomic E-state index is 12.6. The van der Waals surface area contributed by atoms with E-state index in [0.29, 0.717) is 17.4 Å². The van der Waals surface area contributed by atoms with Gasteiger partial charge >= 0.3 is 0 Å². The molecule has 0 unspecified atom stereocenters. The van der Waals surface area contributed by atoms with Crippen LogP contribution < -0.4 is 16.4 Å². The van der Waals surface area contributed by atoms with E-state index in [2.05, 4.69) is 15.6 Å².